The maximum absolute atomic E-state index is 12.6. The van der Waals surface area contributed by atoms with Crippen molar-refractivity contribution < 1.29 is 13.2 Å². The smallest absolute Gasteiger partial charge is 0.253 e. The number of sulfonamides is 1. The fraction of sp³-hybridized carbons (Fsp3) is 0.615. The number of halogens is 1. The summed E-state index contributed by atoms with van der Waals surface area (Å²) >= 11 is 4.46. The van der Waals surface area contributed by atoms with Gasteiger partial charge in [-0.15, -0.1) is 11.3 Å². The number of hydrogen-bond donors (Lipinski definition) is 1. The van der Waals surface area contributed by atoms with Gasteiger partial charge in [-0.05, 0) is 59.7 Å². The molecule has 0 spiro atoms. The zero-order valence-electron chi connectivity index (χ0n) is 11.4. The monoisotopic (exact) mass is 392 g/mol. The van der Waals surface area contributed by atoms with E-state index in [1.165, 1.54) is 15.6 Å². The normalized spacial score (nSPS) is 23.4. The maximum atomic E-state index is 12.6. The summed E-state index contributed by atoms with van der Waals surface area (Å²) in [4.78, 5) is 12.2. The van der Waals surface area contributed by atoms with Gasteiger partial charge in [-0.2, -0.15) is 4.31 Å². The van der Waals surface area contributed by atoms with Crippen molar-refractivity contribution in [2.24, 2.45) is 5.92 Å². The molecule has 1 aromatic rings. The fourth-order valence-electron chi connectivity index (χ4n) is 2.53. The Labute approximate surface area is 136 Å². The first-order chi connectivity index (χ1) is 9.98. The van der Waals surface area contributed by atoms with Gasteiger partial charge in [0.25, 0.3) is 10.0 Å². The van der Waals surface area contributed by atoms with Gasteiger partial charge >= 0.3 is 0 Å². The molecule has 8 heteroatoms. The third-order valence-corrected chi connectivity index (χ3v) is 7.88. The summed E-state index contributed by atoms with van der Waals surface area (Å²) in [6.45, 7) is 1.09. The highest BCUT2D eigenvalue weighted by Gasteiger charge is 2.40. The molecule has 1 atom stereocenters. The second-order valence-corrected chi connectivity index (χ2v) is 10.1. The van der Waals surface area contributed by atoms with E-state index in [0.29, 0.717) is 25.4 Å². The number of nitrogens with one attached hydrogen (secondary N) is 1. The summed E-state index contributed by atoms with van der Waals surface area (Å²) in [6.07, 6.45) is 3.65. The first-order valence-corrected chi connectivity index (χ1v) is 10.1. The van der Waals surface area contributed by atoms with Crippen LogP contribution in [0.25, 0.3) is 0 Å². The molecule has 2 heterocycles. The number of thiophene rings is 1. The van der Waals surface area contributed by atoms with Crippen LogP contribution in [0.4, 0.5) is 0 Å². The Morgan fingerprint density at radius 2 is 2.14 bits per heavy atom. The number of carbonyl (C=O) groups excluding carboxylic acids is 1. The number of nitrogens with zero attached hydrogens (tertiary/aromatic N) is 1. The highest BCUT2D eigenvalue weighted by molar-refractivity contribution is 9.11. The third-order valence-electron chi connectivity index (χ3n) is 3.88. The zero-order chi connectivity index (χ0) is 15.0. The predicted octanol–water partition coefficient (Wildman–Crippen LogP) is 2.19. The van der Waals surface area contributed by atoms with E-state index in [0.717, 1.165) is 23.0 Å². The summed E-state index contributed by atoms with van der Waals surface area (Å²) in [6, 6.07) is 2.74. The molecule has 2 fully saturated rings. The van der Waals surface area contributed by atoms with Crippen LogP contribution in [0, 0.1) is 5.92 Å². The number of amides is 1. The first kappa shape index (κ1) is 15.5. The Morgan fingerprint density at radius 1 is 1.38 bits per heavy atom. The molecule has 21 heavy (non-hydrogen) atoms. The molecule has 1 aliphatic carbocycles. The minimum Gasteiger partial charge on any atom is -0.354 e. The average molecular weight is 393 g/mol. The molecule has 0 radical (unpaired) electrons. The Balaban J connectivity index is 1.74. The van der Waals surface area contributed by atoms with Crippen LogP contribution >= 0.6 is 27.3 Å². The molecule has 1 N–H and O–H groups in total. The van der Waals surface area contributed by atoms with Gasteiger partial charge in [0.05, 0.1) is 3.79 Å². The zero-order valence-corrected chi connectivity index (χ0v) is 14.6. The Bertz CT molecular complexity index is 640. The topological polar surface area (TPSA) is 66.5 Å². The lowest BCUT2D eigenvalue weighted by Gasteiger charge is -2.22. The average Bonchev–Trinajstić information content (AvgIpc) is 2.95. The number of rotatable bonds is 5. The van der Waals surface area contributed by atoms with Crippen LogP contribution in [0.2, 0.25) is 0 Å². The van der Waals surface area contributed by atoms with E-state index in [2.05, 4.69) is 21.2 Å². The minimum atomic E-state index is -3.57. The van der Waals surface area contributed by atoms with Crippen molar-refractivity contribution in [2.75, 3.05) is 13.1 Å². The van der Waals surface area contributed by atoms with Crippen LogP contribution in [0.5, 0.6) is 0 Å². The van der Waals surface area contributed by atoms with Crippen LogP contribution in [-0.4, -0.2) is 37.8 Å². The molecule has 0 bridgehead atoms. The van der Waals surface area contributed by atoms with Crippen LogP contribution < -0.4 is 5.32 Å². The van der Waals surface area contributed by atoms with Gasteiger partial charge in [-0.3, -0.25) is 4.79 Å². The Kier molecular flexibility index (Phi) is 4.40. The summed E-state index contributed by atoms with van der Waals surface area (Å²) in [5.41, 5.74) is 0. The van der Waals surface area contributed by atoms with Gasteiger partial charge in [0.1, 0.15) is 10.3 Å². The Hall–Kier alpha value is -0.440. The molecular weight excluding hydrogens is 376 g/mol. The van der Waals surface area contributed by atoms with Gasteiger partial charge < -0.3 is 5.32 Å². The van der Waals surface area contributed by atoms with E-state index in [1.54, 1.807) is 12.1 Å². The lowest BCUT2D eigenvalue weighted by Crippen LogP contribution is -2.46. The first-order valence-electron chi connectivity index (χ1n) is 7.03. The molecule has 3 rings (SSSR count). The lowest BCUT2D eigenvalue weighted by molar-refractivity contribution is -0.124. The van der Waals surface area contributed by atoms with E-state index in [1.807, 2.05) is 0 Å². The van der Waals surface area contributed by atoms with Gasteiger partial charge in [0, 0.05) is 13.1 Å². The second kappa shape index (κ2) is 5.98. The molecule has 1 unspecified atom stereocenters. The quantitative estimate of drug-likeness (QED) is 0.834. The van der Waals surface area contributed by atoms with E-state index < -0.39 is 16.1 Å². The molecule has 116 valence electrons. The van der Waals surface area contributed by atoms with Gasteiger partial charge in [0.2, 0.25) is 5.91 Å². The van der Waals surface area contributed by atoms with E-state index in [9.17, 15) is 13.2 Å². The van der Waals surface area contributed by atoms with Gasteiger partial charge in [-0.1, -0.05) is 0 Å². The van der Waals surface area contributed by atoms with Crippen LogP contribution in [0.15, 0.2) is 20.1 Å². The van der Waals surface area contributed by atoms with Crippen molar-refractivity contribution >= 4 is 43.2 Å². The molecule has 1 saturated heterocycles. The summed E-state index contributed by atoms with van der Waals surface area (Å²) in [5, 5.41) is 2.89. The van der Waals surface area contributed by atoms with Crippen LogP contribution in [0.3, 0.4) is 0 Å². The largest absolute Gasteiger partial charge is 0.354 e. The van der Waals surface area contributed by atoms with Crippen LogP contribution in [-0.2, 0) is 14.8 Å². The maximum Gasteiger partial charge on any atom is 0.253 e. The summed E-state index contributed by atoms with van der Waals surface area (Å²) in [7, 11) is -3.57. The molecule has 5 nitrogen and oxygen atoms in total. The van der Waals surface area contributed by atoms with Crippen LogP contribution in [0.1, 0.15) is 25.7 Å². The third kappa shape index (κ3) is 3.33. The molecule has 1 saturated carbocycles. The van der Waals surface area contributed by atoms with Crippen molar-refractivity contribution in [2.45, 2.75) is 35.9 Å². The van der Waals surface area contributed by atoms with Crippen molar-refractivity contribution in [3.05, 3.63) is 15.9 Å². The number of hydrogen-bond acceptors (Lipinski definition) is 4. The van der Waals surface area contributed by atoms with Gasteiger partial charge in [-0.25, -0.2) is 8.42 Å². The lowest BCUT2D eigenvalue weighted by atomic mass is 10.2. The fourth-order valence-corrected chi connectivity index (χ4v) is 6.32. The summed E-state index contributed by atoms with van der Waals surface area (Å²) in [5.74, 6) is 0.437. The highest BCUT2D eigenvalue weighted by Crippen LogP contribution is 2.32. The van der Waals surface area contributed by atoms with Crippen molar-refractivity contribution in [1.82, 2.24) is 9.62 Å². The van der Waals surface area contributed by atoms with E-state index in [4.69, 9.17) is 0 Å². The molecule has 1 aromatic heterocycles. The molecule has 1 aliphatic heterocycles. The summed E-state index contributed by atoms with van der Waals surface area (Å²) < 4.78 is 27.7. The molecule has 1 amide bonds. The predicted molar refractivity (Wildman–Crippen MR) is 84.7 cm³/mol. The molecule has 0 aromatic carbocycles. The van der Waals surface area contributed by atoms with Crippen molar-refractivity contribution in [1.29, 1.82) is 0 Å². The molecular formula is C13H17BrN2O3S2. The standard InChI is InChI=1S/C13H17BrN2O3S2/c14-11-5-6-12(20-11)21(18,19)16-7-1-2-10(16)13(17)15-8-9-3-4-9/h5-6,9-10H,1-4,7-8H2,(H,15,17). The van der Waals surface area contributed by atoms with Gasteiger partial charge in [0.15, 0.2) is 0 Å². The molecule has 2 aliphatic rings. The second-order valence-electron chi connectivity index (χ2n) is 5.52. The SMILES string of the molecule is O=C(NCC1CC1)C1CCCN1S(=O)(=O)c1ccc(Br)s1. The number of carbonyl (C=O) groups is 1. The van der Waals surface area contributed by atoms with Crippen molar-refractivity contribution in [3.63, 3.8) is 0 Å². The minimum absolute atomic E-state index is 0.154. The highest BCUT2D eigenvalue weighted by atomic mass is 79.9. The Morgan fingerprint density at radius 3 is 2.76 bits per heavy atom. The van der Waals surface area contributed by atoms with Crippen molar-refractivity contribution in [3.8, 4) is 0 Å². The van der Waals surface area contributed by atoms with E-state index >= 15 is 0 Å². The van der Waals surface area contributed by atoms with E-state index in [-0.39, 0.29) is 10.1 Å².